The first kappa shape index (κ1) is 52.7. The second-order valence-corrected chi connectivity index (χ2v) is 17.2. The molecular formula is C40H43Cl4F3N4O11S. The number of halogens is 7. The fourth-order valence-electron chi connectivity index (χ4n) is 5.98. The Labute approximate surface area is 381 Å². The van der Waals surface area contributed by atoms with Crippen LogP contribution in [0.5, 0.6) is 11.5 Å². The van der Waals surface area contributed by atoms with Crippen LogP contribution in [0.2, 0.25) is 5.02 Å². The van der Waals surface area contributed by atoms with E-state index in [0.717, 1.165) is 53.9 Å². The zero-order chi connectivity index (χ0) is 47.4. The highest BCUT2D eigenvalue weighted by atomic mass is 35.5. The minimum absolute atomic E-state index is 0.0371. The standard InChI is InChI=1S/C15H10ClF3N2O6S.C14H20ClNO2.C11H13Cl2NO3/c1-28(25,26)20-14(22)10-7-9(3-4-12(10)21(23)24)27-13-5-2-8(6-11(13)16)15(17,18)19;1-4-11-7-6-8-12(5-2)14(11)16(10-18-3)13(17)9-15;1-11(2)14(10(15)9(12)13)6-8(17-11)7-4-3-5-16-7/h2-7H,1H3,(H,20,22);6-8H,4-5,9-10H2,1-3H3;3-5,8-9H,6H2,1-2H3. The predicted molar refractivity (Wildman–Crippen MR) is 231 cm³/mol. The van der Waals surface area contributed by atoms with Gasteiger partial charge < -0.3 is 23.5 Å². The first-order chi connectivity index (χ1) is 29.4. The second-order valence-electron chi connectivity index (χ2n) is 13.7. The molecule has 15 nitrogen and oxygen atoms in total. The number of methoxy groups -OCH3 is 1. The summed E-state index contributed by atoms with van der Waals surface area (Å²) in [5.41, 5.74) is 0.158. The molecule has 1 fully saturated rings. The Morgan fingerprint density at radius 1 is 1.05 bits per heavy atom. The molecule has 3 amide bonds. The van der Waals surface area contributed by atoms with Crippen molar-refractivity contribution in [3.8, 4) is 11.5 Å². The number of nitro benzene ring substituents is 1. The molecular weight excluding hydrogens is 943 g/mol. The van der Waals surface area contributed by atoms with Gasteiger partial charge in [-0.15, -0.1) is 11.6 Å². The zero-order valence-electron chi connectivity index (χ0n) is 34.5. The van der Waals surface area contributed by atoms with Gasteiger partial charge >= 0.3 is 6.18 Å². The van der Waals surface area contributed by atoms with E-state index in [1.54, 1.807) is 42.9 Å². The summed E-state index contributed by atoms with van der Waals surface area (Å²) in [6.45, 7) is 8.36. The summed E-state index contributed by atoms with van der Waals surface area (Å²) in [4.78, 5) is 48.0. The van der Waals surface area contributed by atoms with Crippen LogP contribution < -0.4 is 14.4 Å². The fraction of sp³-hybridized carbons (Fsp3) is 0.375. The number of hydrogen-bond donors (Lipinski definition) is 1. The number of furan rings is 1. The molecule has 0 radical (unpaired) electrons. The van der Waals surface area contributed by atoms with E-state index in [-0.39, 0.29) is 42.0 Å². The van der Waals surface area contributed by atoms with Crippen LogP contribution in [-0.2, 0) is 48.1 Å². The van der Waals surface area contributed by atoms with Gasteiger partial charge in [0.15, 0.2) is 4.84 Å². The van der Waals surface area contributed by atoms with Crippen LogP contribution in [0.3, 0.4) is 0 Å². The maximum atomic E-state index is 12.7. The molecule has 1 saturated heterocycles. The summed E-state index contributed by atoms with van der Waals surface area (Å²) in [5, 5.41) is 10.7. The summed E-state index contributed by atoms with van der Waals surface area (Å²) in [5.74, 6) is -1.51. The van der Waals surface area contributed by atoms with Crippen LogP contribution in [0.25, 0.3) is 0 Å². The molecule has 5 rings (SSSR count). The number of ether oxygens (including phenoxy) is 3. The zero-order valence-corrected chi connectivity index (χ0v) is 38.3. The summed E-state index contributed by atoms with van der Waals surface area (Å²) in [7, 11) is -2.42. The Hall–Kier alpha value is -4.63. The number of aryl methyl sites for hydroxylation is 2. The van der Waals surface area contributed by atoms with Gasteiger partial charge in [0.25, 0.3) is 17.5 Å². The number of sulfonamides is 1. The molecule has 1 aliphatic heterocycles. The lowest BCUT2D eigenvalue weighted by atomic mass is 10.0. The molecule has 63 heavy (non-hydrogen) atoms. The Morgan fingerprint density at radius 3 is 2.16 bits per heavy atom. The average Bonchev–Trinajstić information content (AvgIpc) is 3.87. The molecule has 1 aromatic heterocycles. The van der Waals surface area contributed by atoms with E-state index >= 15 is 0 Å². The van der Waals surface area contributed by atoms with Gasteiger partial charge in [0, 0.05) is 19.2 Å². The molecule has 0 aliphatic carbocycles. The first-order valence-electron chi connectivity index (χ1n) is 18.5. The lowest BCUT2D eigenvalue weighted by molar-refractivity contribution is -0.385. The topological polar surface area (TPSA) is 188 Å². The quantitative estimate of drug-likeness (QED) is 0.0582. The monoisotopic (exact) mass is 984 g/mol. The lowest BCUT2D eigenvalue weighted by Gasteiger charge is -2.29. The number of carbonyl (C=O) groups is 3. The van der Waals surface area contributed by atoms with Gasteiger partial charge in [-0.3, -0.25) is 29.4 Å². The third-order valence-corrected chi connectivity index (χ3v) is 10.3. The van der Waals surface area contributed by atoms with Gasteiger partial charge in [-0.05, 0) is 74.2 Å². The van der Waals surface area contributed by atoms with Crippen LogP contribution in [-0.4, -0.2) is 79.0 Å². The SMILES string of the molecule is CC1(C)OC(c2ccco2)CN1C(=O)C(Cl)Cl.CCc1cccc(CC)c1N(COC)C(=O)CCl.CS(=O)(=O)NC(=O)c1cc(Oc2ccc(C(F)(F)F)cc2Cl)ccc1[N+](=O)[O-]. The molecule has 344 valence electrons. The highest BCUT2D eigenvalue weighted by molar-refractivity contribution is 7.89. The van der Waals surface area contributed by atoms with Crippen LogP contribution in [0.15, 0.2) is 77.4 Å². The number of carbonyl (C=O) groups excluding carboxylic acids is 3. The number of nitrogens with one attached hydrogen (secondary N) is 1. The average molecular weight is 987 g/mol. The summed E-state index contributed by atoms with van der Waals surface area (Å²) in [6.07, 6.45) is -0.901. The van der Waals surface area contributed by atoms with E-state index < -0.39 is 59.4 Å². The predicted octanol–water partition coefficient (Wildman–Crippen LogP) is 9.46. The van der Waals surface area contributed by atoms with Crippen molar-refractivity contribution in [2.24, 2.45) is 0 Å². The number of amides is 3. The van der Waals surface area contributed by atoms with Crippen molar-refractivity contribution in [1.82, 2.24) is 9.62 Å². The molecule has 0 bridgehead atoms. The normalized spacial score (nSPS) is 14.5. The van der Waals surface area contributed by atoms with Gasteiger partial charge in [-0.1, -0.05) is 66.8 Å². The Balaban J connectivity index is 0.000000263. The fourth-order valence-corrected chi connectivity index (χ4v) is 7.03. The van der Waals surface area contributed by atoms with Crippen LogP contribution in [0, 0.1) is 10.1 Å². The molecule has 1 atom stereocenters. The molecule has 2 heterocycles. The van der Waals surface area contributed by atoms with Crippen molar-refractivity contribution in [2.75, 3.05) is 37.4 Å². The van der Waals surface area contributed by atoms with Crippen molar-refractivity contribution in [3.05, 3.63) is 116 Å². The molecule has 1 aliphatic rings. The van der Waals surface area contributed by atoms with Crippen LogP contribution >= 0.6 is 46.4 Å². The molecule has 4 aromatic rings. The highest BCUT2D eigenvalue weighted by Crippen LogP contribution is 2.38. The Bertz CT molecular complexity index is 2330. The molecule has 3 aromatic carbocycles. The van der Waals surface area contributed by atoms with Gasteiger partial charge in [0.05, 0.1) is 40.3 Å². The van der Waals surface area contributed by atoms with E-state index in [2.05, 4.69) is 13.8 Å². The Morgan fingerprint density at radius 2 is 1.68 bits per heavy atom. The van der Waals surface area contributed by atoms with E-state index in [4.69, 9.17) is 65.0 Å². The van der Waals surface area contributed by atoms with E-state index in [1.165, 1.54) is 4.90 Å². The van der Waals surface area contributed by atoms with Gasteiger partial charge in [0.2, 0.25) is 15.9 Å². The number of benzene rings is 3. The van der Waals surface area contributed by atoms with Crippen LogP contribution in [0.1, 0.15) is 66.6 Å². The third-order valence-electron chi connectivity index (χ3n) is 8.83. The highest BCUT2D eigenvalue weighted by Gasteiger charge is 2.45. The number of anilines is 1. The van der Waals surface area contributed by atoms with Gasteiger partial charge in [0.1, 0.15) is 47.3 Å². The minimum Gasteiger partial charge on any atom is -0.467 e. The summed E-state index contributed by atoms with van der Waals surface area (Å²) < 4.78 is 83.4. The van der Waals surface area contributed by atoms with Crippen molar-refractivity contribution < 1.29 is 59.5 Å². The van der Waals surface area contributed by atoms with Gasteiger partial charge in [-0.25, -0.2) is 13.1 Å². The van der Waals surface area contributed by atoms with Gasteiger partial charge in [-0.2, -0.15) is 13.2 Å². The number of alkyl halides is 6. The second kappa shape index (κ2) is 22.8. The number of rotatable bonds is 13. The van der Waals surface area contributed by atoms with E-state index in [1.807, 2.05) is 24.3 Å². The molecule has 23 heteroatoms. The third kappa shape index (κ3) is 14.7. The van der Waals surface area contributed by atoms with E-state index in [9.17, 15) is 46.1 Å². The number of nitrogens with zero attached hydrogens (tertiary/aromatic N) is 3. The number of hydrogen-bond acceptors (Lipinski definition) is 11. The lowest BCUT2D eigenvalue weighted by Crippen LogP contribution is -2.45. The molecule has 1 N–H and O–H groups in total. The van der Waals surface area contributed by atoms with E-state index in [0.29, 0.717) is 30.7 Å². The number of nitro groups is 1. The summed E-state index contributed by atoms with van der Waals surface area (Å²) in [6, 6.07) is 14.8. The van der Waals surface area contributed by atoms with Crippen molar-refractivity contribution in [1.29, 1.82) is 0 Å². The smallest absolute Gasteiger partial charge is 0.416 e. The minimum atomic E-state index is -4.62. The van der Waals surface area contributed by atoms with Crippen LogP contribution in [0.4, 0.5) is 24.5 Å². The molecule has 0 saturated carbocycles. The maximum absolute atomic E-state index is 12.7. The summed E-state index contributed by atoms with van der Waals surface area (Å²) >= 11 is 22.6. The molecule has 0 spiro atoms. The largest absolute Gasteiger partial charge is 0.467 e. The Kier molecular flexibility index (Phi) is 19.1. The van der Waals surface area contributed by atoms with Crippen molar-refractivity contribution in [2.45, 2.75) is 63.4 Å². The first-order valence-corrected chi connectivity index (χ1v) is 22.2. The van der Waals surface area contributed by atoms with Crippen molar-refractivity contribution >= 4 is 85.5 Å². The van der Waals surface area contributed by atoms with Crippen molar-refractivity contribution in [3.63, 3.8) is 0 Å². The maximum Gasteiger partial charge on any atom is 0.416 e. The molecule has 1 unspecified atom stereocenters. The number of para-hydroxylation sites is 1.